The number of amides is 1. The molecular weight excluding hydrogens is 348 g/mol. The van der Waals surface area contributed by atoms with E-state index in [0.717, 1.165) is 41.8 Å². The van der Waals surface area contributed by atoms with Gasteiger partial charge in [-0.2, -0.15) is 5.10 Å². The largest absolute Gasteiger partial charge is 0.332 e. The fourth-order valence-electron chi connectivity index (χ4n) is 3.68. The Kier molecular flexibility index (Phi) is 5.41. The molecule has 7 nitrogen and oxygen atoms in total. The van der Waals surface area contributed by atoms with Gasteiger partial charge in [0.05, 0.1) is 24.2 Å². The number of nitrogens with zero attached hydrogens (tertiary/aromatic N) is 6. The van der Waals surface area contributed by atoms with Crippen LogP contribution >= 0.6 is 11.8 Å². The van der Waals surface area contributed by atoms with Gasteiger partial charge < -0.3 is 9.47 Å². The Hall–Kier alpha value is -1.83. The first-order chi connectivity index (χ1) is 12.3. The van der Waals surface area contributed by atoms with E-state index in [0.29, 0.717) is 6.54 Å². The number of hydrogen-bond donors (Lipinski definition) is 0. The van der Waals surface area contributed by atoms with E-state index in [1.165, 1.54) is 5.56 Å². The second-order valence-corrected chi connectivity index (χ2v) is 7.95. The van der Waals surface area contributed by atoms with Crippen LogP contribution in [0.5, 0.6) is 0 Å². The van der Waals surface area contributed by atoms with Crippen LogP contribution in [0.2, 0.25) is 0 Å². The fraction of sp³-hybridized carbons (Fsp3) is 0.667. The van der Waals surface area contributed by atoms with E-state index >= 15 is 0 Å². The lowest BCUT2D eigenvalue weighted by Gasteiger charge is -2.27. The predicted octanol–water partition coefficient (Wildman–Crippen LogP) is 2.66. The number of aromatic nitrogens is 5. The molecule has 1 aliphatic rings. The summed E-state index contributed by atoms with van der Waals surface area (Å²) >= 11 is 1.57. The second-order valence-electron chi connectivity index (χ2n) is 7.17. The summed E-state index contributed by atoms with van der Waals surface area (Å²) in [5.41, 5.74) is 3.37. The topological polar surface area (TPSA) is 68.8 Å². The number of thioether (sulfide) groups is 1. The van der Waals surface area contributed by atoms with Crippen LogP contribution in [0.4, 0.5) is 0 Å². The highest BCUT2D eigenvalue weighted by atomic mass is 32.2. The monoisotopic (exact) mass is 376 g/mol. The zero-order valence-corrected chi connectivity index (χ0v) is 17.3. The maximum Gasteiger partial charge on any atom is 0.227 e. The molecule has 3 rings (SSSR count). The molecule has 3 heterocycles. The zero-order chi connectivity index (χ0) is 19.0. The third-order valence-corrected chi connectivity index (χ3v) is 6.22. The van der Waals surface area contributed by atoms with Gasteiger partial charge in [-0.05, 0) is 45.4 Å². The molecule has 1 saturated heterocycles. The van der Waals surface area contributed by atoms with Crippen molar-refractivity contribution >= 4 is 17.7 Å². The quantitative estimate of drug-likeness (QED) is 0.751. The third kappa shape index (κ3) is 3.26. The minimum atomic E-state index is -0.124. The molecule has 0 radical (unpaired) electrons. The lowest BCUT2D eigenvalue weighted by atomic mass is 10.1. The normalized spacial score (nSPS) is 18.5. The van der Waals surface area contributed by atoms with Gasteiger partial charge in [0.1, 0.15) is 0 Å². The van der Waals surface area contributed by atoms with Gasteiger partial charge >= 0.3 is 0 Å². The average molecular weight is 377 g/mol. The van der Waals surface area contributed by atoms with Crippen molar-refractivity contribution in [2.24, 2.45) is 13.0 Å². The summed E-state index contributed by atoms with van der Waals surface area (Å²) in [4.78, 5) is 15.1. The molecule has 0 N–H and O–H groups in total. The maximum atomic E-state index is 13.1. The summed E-state index contributed by atoms with van der Waals surface area (Å²) in [6.07, 6.45) is 3.94. The summed E-state index contributed by atoms with van der Waals surface area (Å²) in [5.74, 6) is 0.932. The van der Waals surface area contributed by atoms with Crippen molar-refractivity contribution in [2.45, 2.75) is 58.3 Å². The molecule has 142 valence electrons. The molecule has 1 fully saturated rings. The third-order valence-electron chi connectivity index (χ3n) is 5.50. The smallest absolute Gasteiger partial charge is 0.227 e. The predicted molar refractivity (Wildman–Crippen MR) is 102 cm³/mol. The summed E-state index contributed by atoms with van der Waals surface area (Å²) in [6.45, 7) is 9.54. The molecule has 0 aromatic carbocycles. The standard InChI is InChI=1S/C18H28N6OS/c1-11(10-24-14(4)12(2)13(3)21-24)17(25)23-9-7-8-15(23)16-19-20-18(26-6)22(16)5/h11,15H,7-10H2,1-6H3/t11-,15+/m0/s1. The maximum absolute atomic E-state index is 13.1. The van der Waals surface area contributed by atoms with Crippen molar-refractivity contribution < 1.29 is 4.79 Å². The number of hydrogen-bond acceptors (Lipinski definition) is 5. The van der Waals surface area contributed by atoms with Gasteiger partial charge in [0.15, 0.2) is 11.0 Å². The first kappa shape index (κ1) is 18.9. The molecule has 2 aromatic rings. The zero-order valence-electron chi connectivity index (χ0n) is 16.5. The van der Waals surface area contributed by atoms with Gasteiger partial charge in [-0.25, -0.2) is 0 Å². The Balaban J connectivity index is 1.77. The molecule has 0 aliphatic carbocycles. The van der Waals surface area contributed by atoms with Crippen LogP contribution in [0.15, 0.2) is 5.16 Å². The van der Waals surface area contributed by atoms with Crippen LogP contribution in [-0.2, 0) is 18.4 Å². The number of rotatable bonds is 5. The molecular formula is C18H28N6OS. The van der Waals surface area contributed by atoms with Gasteiger partial charge in [0.25, 0.3) is 0 Å². The van der Waals surface area contributed by atoms with E-state index in [1.54, 1.807) is 11.8 Å². The van der Waals surface area contributed by atoms with E-state index < -0.39 is 0 Å². The molecule has 0 spiro atoms. The Morgan fingerprint density at radius 3 is 2.62 bits per heavy atom. The van der Waals surface area contributed by atoms with Crippen LogP contribution in [0.1, 0.15) is 48.6 Å². The second kappa shape index (κ2) is 7.42. The fourth-order valence-corrected chi connectivity index (χ4v) is 4.17. The number of likely N-dealkylation sites (tertiary alicyclic amines) is 1. The summed E-state index contributed by atoms with van der Waals surface area (Å²) in [5, 5.41) is 14.0. The number of carbonyl (C=O) groups is 1. The molecule has 2 atom stereocenters. The summed E-state index contributed by atoms with van der Waals surface area (Å²) in [6, 6.07) is 0.0190. The molecule has 2 aromatic heterocycles. The van der Waals surface area contributed by atoms with Gasteiger partial charge in [0.2, 0.25) is 5.91 Å². The van der Waals surface area contributed by atoms with Crippen molar-refractivity contribution in [3.63, 3.8) is 0 Å². The highest BCUT2D eigenvalue weighted by molar-refractivity contribution is 7.98. The Morgan fingerprint density at radius 1 is 1.31 bits per heavy atom. The summed E-state index contributed by atoms with van der Waals surface area (Å²) in [7, 11) is 1.98. The van der Waals surface area contributed by atoms with E-state index in [1.807, 2.05) is 41.3 Å². The highest BCUT2D eigenvalue weighted by Gasteiger charge is 2.35. The van der Waals surface area contributed by atoms with E-state index in [2.05, 4.69) is 29.1 Å². The van der Waals surface area contributed by atoms with Crippen LogP contribution < -0.4 is 0 Å². The molecule has 26 heavy (non-hydrogen) atoms. The highest BCUT2D eigenvalue weighted by Crippen LogP contribution is 2.33. The van der Waals surface area contributed by atoms with Gasteiger partial charge in [0, 0.05) is 19.3 Å². The molecule has 1 amide bonds. The van der Waals surface area contributed by atoms with E-state index in [4.69, 9.17) is 0 Å². The van der Waals surface area contributed by atoms with Crippen molar-refractivity contribution in [3.05, 3.63) is 22.8 Å². The van der Waals surface area contributed by atoms with Gasteiger partial charge in [-0.1, -0.05) is 18.7 Å². The minimum absolute atomic E-state index is 0.0190. The Labute approximate surface area is 159 Å². The lowest BCUT2D eigenvalue weighted by molar-refractivity contribution is -0.136. The van der Waals surface area contributed by atoms with Gasteiger partial charge in [-0.3, -0.25) is 9.48 Å². The van der Waals surface area contributed by atoms with Crippen molar-refractivity contribution in [1.82, 2.24) is 29.4 Å². The summed E-state index contributed by atoms with van der Waals surface area (Å²) < 4.78 is 3.97. The Morgan fingerprint density at radius 2 is 2.04 bits per heavy atom. The van der Waals surface area contributed by atoms with Crippen molar-refractivity contribution in [2.75, 3.05) is 12.8 Å². The van der Waals surface area contributed by atoms with Crippen molar-refractivity contribution in [3.8, 4) is 0 Å². The Bertz CT molecular complexity index is 811. The average Bonchev–Trinajstić information content (AvgIpc) is 3.29. The van der Waals surface area contributed by atoms with Crippen molar-refractivity contribution in [1.29, 1.82) is 0 Å². The molecule has 8 heteroatoms. The van der Waals surface area contributed by atoms with Crippen LogP contribution in [0.3, 0.4) is 0 Å². The first-order valence-electron chi connectivity index (χ1n) is 9.09. The molecule has 1 aliphatic heterocycles. The SMILES string of the molecule is CSc1nnc([C@H]2CCCN2C(=O)[C@@H](C)Cn2nc(C)c(C)c2C)n1C. The van der Waals surface area contributed by atoms with E-state index in [-0.39, 0.29) is 17.9 Å². The van der Waals surface area contributed by atoms with Crippen LogP contribution in [0.25, 0.3) is 0 Å². The van der Waals surface area contributed by atoms with E-state index in [9.17, 15) is 4.79 Å². The molecule has 0 saturated carbocycles. The number of carbonyl (C=O) groups excluding carboxylic acids is 1. The minimum Gasteiger partial charge on any atom is -0.332 e. The molecule has 0 bridgehead atoms. The van der Waals surface area contributed by atoms with Crippen LogP contribution in [-0.4, -0.2) is 48.2 Å². The lowest BCUT2D eigenvalue weighted by Crippen LogP contribution is -2.37. The molecule has 0 unspecified atom stereocenters. The van der Waals surface area contributed by atoms with Gasteiger partial charge in [-0.15, -0.1) is 10.2 Å². The first-order valence-corrected chi connectivity index (χ1v) is 10.3. The number of aryl methyl sites for hydroxylation is 1. The van der Waals surface area contributed by atoms with Crippen LogP contribution in [0, 0.1) is 26.7 Å².